The zero-order chi connectivity index (χ0) is 36.6. The maximum atomic E-state index is 14.0. The fraction of sp³-hybridized carbons (Fsp3) is 0.409. The number of hydrogen-bond acceptors (Lipinski definition) is 5. The Morgan fingerprint density at radius 2 is 1.41 bits per heavy atom. The molecule has 5 rings (SSSR count). The van der Waals surface area contributed by atoms with E-state index in [2.05, 4.69) is 97.6 Å². The van der Waals surface area contributed by atoms with Crippen molar-refractivity contribution < 1.29 is 14.4 Å². The third-order valence-electron chi connectivity index (χ3n) is 10.3. The predicted molar refractivity (Wildman–Crippen MR) is 211 cm³/mol. The first kappa shape index (κ1) is 38.3. The minimum atomic E-state index is -0.751. The van der Waals surface area contributed by atoms with Crippen LogP contribution in [0.25, 0.3) is 0 Å². The summed E-state index contributed by atoms with van der Waals surface area (Å²) in [4.78, 5) is 38.2. The van der Waals surface area contributed by atoms with E-state index in [0.29, 0.717) is 26.2 Å². The lowest BCUT2D eigenvalue weighted by Crippen LogP contribution is -2.62. The van der Waals surface area contributed by atoms with Gasteiger partial charge in [-0.3, -0.25) is 19.3 Å². The van der Waals surface area contributed by atoms with Crippen LogP contribution in [0.1, 0.15) is 85.1 Å². The summed E-state index contributed by atoms with van der Waals surface area (Å²) in [7, 11) is 0. The molecule has 7 heteroatoms. The molecule has 0 bridgehead atoms. The standard InChI is InChI=1S/C44H55N3O3S/c1-7-8-26-38-30-46(42(49)39-27-18-19-33(2)34(39)3)29-28-45(38)31-40(47(32-48)50-43(4,5)6)41(51)44(35-20-12-9-13-21-35,36-22-14-10-15-23-36)37-24-16-11-17-25-37/h9-25,27,32,38,40-41,51H,7-8,26,28-31H2,1-6H3/t38-,40?,41?/m0/s1. The van der Waals surface area contributed by atoms with Crippen molar-refractivity contribution in [2.45, 2.75) is 89.2 Å². The van der Waals surface area contributed by atoms with Gasteiger partial charge in [0.2, 0.25) is 6.41 Å². The third kappa shape index (κ3) is 8.60. The van der Waals surface area contributed by atoms with Crippen LogP contribution in [-0.4, -0.2) is 76.3 Å². The van der Waals surface area contributed by atoms with E-state index in [9.17, 15) is 9.59 Å². The van der Waals surface area contributed by atoms with Crippen molar-refractivity contribution in [2.24, 2.45) is 0 Å². The molecule has 1 aliphatic rings. The molecule has 2 amide bonds. The van der Waals surface area contributed by atoms with Crippen LogP contribution < -0.4 is 0 Å². The van der Waals surface area contributed by atoms with Crippen LogP contribution in [0.2, 0.25) is 0 Å². The molecule has 0 aliphatic carbocycles. The van der Waals surface area contributed by atoms with Crippen LogP contribution in [0, 0.1) is 13.8 Å². The Labute approximate surface area is 311 Å². The molecule has 0 N–H and O–H groups in total. The van der Waals surface area contributed by atoms with Gasteiger partial charge in [0.25, 0.3) is 5.91 Å². The van der Waals surface area contributed by atoms with E-state index >= 15 is 0 Å². The van der Waals surface area contributed by atoms with Gasteiger partial charge in [-0.25, -0.2) is 5.06 Å². The van der Waals surface area contributed by atoms with Gasteiger partial charge in [0.05, 0.1) is 17.1 Å². The Morgan fingerprint density at radius 1 is 0.863 bits per heavy atom. The van der Waals surface area contributed by atoms with Gasteiger partial charge in [0.1, 0.15) is 0 Å². The van der Waals surface area contributed by atoms with E-state index in [1.165, 1.54) is 5.06 Å². The number of benzene rings is 4. The van der Waals surface area contributed by atoms with Gasteiger partial charge in [0, 0.05) is 43.0 Å². The second-order valence-electron chi connectivity index (χ2n) is 14.9. The molecule has 2 unspecified atom stereocenters. The molecule has 1 saturated heterocycles. The van der Waals surface area contributed by atoms with Crippen LogP contribution >= 0.6 is 12.6 Å². The minimum Gasteiger partial charge on any atom is -0.336 e. The van der Waals surface area contributed by atoms with E-state index < -0.39 is 22.3 Å². The van der Waals surface area contributed by atoms with Crippen molar-refractivity contribution >= 4 is 24.9 Å². The lowest BCUT2D eigenvalue weighted by atomic mass is 9.65. The zero-order valence-electron chi connectivity index (χ0n) is 31.2. The maximum absolute atomic E-state index is 14.0. The van der Waals surface area contributed by atoms with Crippen LogP contribution in [0.3, 0.4) is 0 Å². The van der Waals surface area contributed by atoms with Gasteiger partial charge >= 0.3 is 0 Å². The highest BCUT2D eigenvalue weighted by atomic mass is 32.1. The van der Waals surface area contributed by atoms with Gasteiger partial charge in [-0.2, -0.15) is 12.6 Å². The van der Waals surface area contributed by atoms with Crippen LogP contribution in [-0.2, 0) is 15.0 Å². The van der Waals surface area contributed by atoms with Crippen LogP contribution in [0.4, 0.5) is 0 Å². The smallest absolute Gasteiger partial charge is 0.254 e. The molecule has 3 atom stereocenters. The number of nitrogens with zero attached hydrogens (tertiary/aromatic N) is 3. The van der Waals surface area contributed by atoms with Gasteiger partial charge in [-0.1, -0.05) is 123 Å². The molecular weight excluding hydrogens is 651 g/mol. The van der Waals surface area contributed by atoms with E-state index in [1.807, 2.05) is 62.9 Å². The molecule has 51 heavy (non-hydrogen) atoms. The number of hydrogen-bond donors (Lipinski definition) is 1. The Balaban J connectivity index is 1.61. The van der Waals surface area contributed by atoms with E-state index in [-0.39, 0.29) is 11.9 Å². The number of unbranched alkanes of at least 4 members (excludes halogenated alkanes) is 1. The lowest BCUT2D eigenvalue weighted by molar-refractivity contribution is -0.235. The summed E-state index contributed by atoms with van der Waals surface area (Å²) in [6.45, 7) is 14.6. The molecule has 1 aliphatic heterocycles. The predicted octanol–water partition coefficient (Wildman–Crippen LogP) is 8.51. The molecule has 1 fully saturated rings. The number of rotatable bonds is 14. The van der Waals surface area contributed by atoms with Gasteiger partial charge in [-0.15, -0.1) is 0 Å². The molecule has 0 saturated carbocycles. The van der Waals surface area contributed by atoms with Gasteiger partial charge < -0.3 is 4.90 Å². The van der Waals surface area contributed by atoms with Gasteiger partial charge in [-0.05, 0) is 74.9 Å². The highest BCUT2D eigenvalue weighted by molar-refractivity contribution is 7.81. The molecule has 1 heterocycles. The molecule has 0 spiro atoms. The number of hydroxylamine groups is 2. The van der Waals surface area contributed by atoms with Crippen molar-refractivity contribution in [2.75, 3.05) is 26.2 Å². The number of carbonyl (C=O) groups excluding carboxylic acids is 2. The van der Waals surface area contributed by atoms with Crippen LogP contribution in [0.5, 0.6) is 0 Å². The summed E-state index contributed by atoms with van der Waals surface area (Å²) in [5.41, 5.74) is 4.81. The summed E-state index contributed by atoms with van der Waals surface area (Å²) in [5.74, 6) is 0.0859. The molecule has 0 aromatic heterocycles. The SMILES string of the molecule is CCCC[C@H]1CN(C(=O)c2cccc(C)c2C)CCN1CC(C(S)C(c1ccccc1)(c1ccccc1)c1ccccc1)N(C=O)OC(C)(C)C. The van der Waals surface area contributed by atoms with Crippen molar-refractivity contribution in [3.63, 3.8) is 0 Å². The Hall–Kier alpha value is -3.91. The number of piperazine rings is 1. The Kier molecular flexibility index (Phi) is 12.8. The highest BCUT2D eigenvalue weighted by Gasteiger charge is 2.49. The third-order valence-corrected chi connectivity index (χ3v) is 11.1. The molecule has 270 valence electrons. The number of carbonyl (C=O) groups is 2. The van der Waals surface area contributed by atoms with Gasteiger partial charge in [0.15, 0.2) is 0 Å². The summed E-state index contributed by atoms with van der Waals surface area (Å²) in [5, 5.41) is 1.07. The molecule has 0 radical (unpaired) electrons. The first-order chi connectivity index (χ1) is 24.5. The summed E-state index contributed by atoms with van der Waals surface area (Å²) >= 11 is 5.63. The van der Waals surface area contributed by atoms with Crippen LogP contribution in [0.15, 0.2) is 109 Å². The largest absolute Gasteiger partial charge is 0.336 e. The van der Waals surface area contributed by atoms with Crippen molar-refractivity contribution in [1.82, 2.24) is 14.9 Å². The fourth-order valence-electron chi connectivity index (χ4n) is 7.63. The number of thiol groups is 1. The fourth-order valence-corrected chi connectivity index (χ4v) is 8.30. The van der Waals surface area contributed by atoms with E-state index in [0.717, 1.165) is 59.1 Å². The molecule has 4 aromatic carbocycles. The molecule has 6 nitrogen and oxygen atoms in total. The minimum absolute atomic E-state index is 0.0859. The lowest BCUT2D eigenvalue weighted by Gasteiger charge is -2.49. The second kappa shape index (κ2) is 17.1. The van der Waals surface area contributed by atoms with Crippen molar-refractivity contribution in [3.8, 4) is 0 Å². The Morgan fingerprint density at radius 3 is 1.90 bits per heavy atom. The quantitative estimate of drug-likeness (QED) is 0.0619. The second-order valence-corrected chi connectivity index (χ2v) is 15.4. The summed E-state index contributed by atoms with van der Waals surface area (Å²) in [6.07, 6.45) is 3.87. The monoisotopic (exact) mass is 705 g/mol. The normalized spacial score (nSPS) is 16.8. The zero-order valence-corrected chi connectivity index (χ0v) is 32.1. The van der Waals surface area contributed by atoms with E-state index in [4.69, 9.17) is 17.5 Å². The number of amides is 2. The summed E-state index contributed by atoms with van der Waals surface area (Å²) < 4.78 is 0. The first-order valence-corrected chi connectivity index (χ1v) is 18.9. The van der Waals surface area contributed by atoms with Crippen molar-refractivity contribution in [3.05, 3.63) is 143 Å². The summed E-state index contributed by atoms with van der Waals surface area (Å²) in [6, 6.07) is 37.1. The number of aryl methyl sites for hydroxylation is 1. The maximum Gasteiger partial charge on any atom is 0.254 e. The topological polar surface area (TPSA) is 53.1 Å². The first-order valence-electron chi connectivity index (χ1n) is 18.4. The molecule has 4 aromatic rings. The Bertz CT molecular complexity index is 1610. The average molecular weight is 706 g/mol. The van der Waals surface area contributed by atoms with E-state index in [1.54, 1.807) is 0 Å². The highest BCUT2D eigenvalue weighted by Crippen LogP contribution is 2.46. The van der Waals surface area contributed by atoms with Crippen molar-refractivity contribution in [1.29, 1.82) is 0 Å². The average Bonchev–Trinajstić information content (AvgIpc) is 3.14. The molecular formula is C44H55N3O3S.